The Morgan fingerprint density at radius 3 is 3.06 bits per heavy atom. The summed E-state index contributed by atoms with van der Waals surface area (Å²) in [7, 11) is 0. The van der Waals surface area contributed by atoms with Gasteiger partial charge in [0, 0.05) is 12.3 Å². The molecule has 1 heterocycles. The summed E-state index contributed by atoms with van der Waals surface area (Å²) < 4.78 is 0. The molecular formula is C11H11N3OS. The number of anilines is 2. The van der Waals surface area contributed by atoms with Crippen LogP contribution in [0.5, 0.6) is 0 Å². The van der Waals surface area contributed by atoms with Crippen molar-refractivity contribution in [1.82, 2.24) is 0 Å². The molecule has 0 aromatic heterocycles. The molecule has 1 aromatic rings. The zero-order chi connectivity index (χ0) is 11.5. The van der Waals surface area contributed by atoms with E-state index in [1.165, 1.54) is 0 Å². The third-order valence-electron chi connectivity index (χ3n) is 2.47. The van der Waals surface area contributed by atoms with Crippen LogP contribution < -0.4 is 10.2 Å². The summed E-state index contributed by atoms with van der Waals surface area (Å²) >= 11 is 4.14. The number of carbonyl (C=O) groups excluding carboxylic acids is 1. The summed E-state index contributed by atoms with van der Waals surface area (Å²) in [5.74, 6) is 0.650. The van der Waals surface area contributed by atoms with Crippen molar-refractivity contribution in [3.05, 3.63) is 23.8 Å². The Labute approximate surface area is 99.3 Å². The first-order chi connectivity index (χ1) is 7.76. The highest BCUT2D eigenvalue weighted by atomic mass is 32.1. The Bertz CT molecular complexity index is 467. The highest BCUT2D eigenvalue weighted by Gasteiger charge is 2.23. The molecule has 1 N–H and O–H groups in total. The summed E-state index contributed by atoms with van der Waals surface area (Å²) in [4.78, 5) is 13.4. The number of nitrogens with zero attached hydrogens (tertiary/aromatic N) is 2. The second-order valence-electron chi connectivity index (χ2n) is 3.47. The van der Waals surface area contributed by atoms with Gasteiger partial charge in [-0.05, 0) is 18.2 Å². The van der Waals surface area contributed by atoms with Crippen LogP contribution in [0.25, 0.3) is 0 Å². The quantitative estimate of drug-likeness (QED) is 0.756. The maximum Gasteiger partial charge on any atom is 0.246 e. The highest BCUT2D eigenvalue weighted by Crippen LogP contribution is 2.30. The predicted octanol–water partition coefficient (Wildman–Crippen LogP) is 1.25. The number of amides is 1. The van der Waals surface area contributed by atoms with Gasteiger partial charge in [-0.1, -0.05) is 0 Å². The number of hydrogen-bond acceptors (Lipinski definition) is 4. The van der Waals surface area contributed by atoms with Gasteiger partial charge in [0.25, 0.3) is 0 Å². The third kappa shape index (κ3) is 1.84. The fourth-order valence-corrected chi connectivity index (χ4v) is 1.93. The molecule has 0 radical (unpaired) electrons. The summed E-state index contributed by atoms with van der Waals surface area (Å²) in [6, 6.07) is 7.34. The van der Waals surface area contributed by atoms with Crippen LogP contribution in [0.4, 0.5) is 11.4 Å². The second kappa shape index (κ2) is 4.45. The highest BCUT2D eigenvalue weighted by molar-refractivity contribution is 7.80. The number of thiol groups is 1. The molecule has 1 aliphatic rings. The minimum atomic E-state index is 0.0336. The number of carbonyl (C=O) groups is 1. The van der Waals surface area contributed by atoms with E-state index in [2.05, 4.69) is 24.0 Å². The van der Waals surface area contributed by atoms with E-state index >= 15 is 0 Å². The molecule has 4 nitrogen and oxygen atoms in total. The molecule has 0 aliphatic carbocycles. The number of benzene rings is 1. The molecular weight excluding hydrogens is 222 g/mol. The Hall–Kier alpha value is -1.67. The van der Waals surface area contributed by atoms with Crippen molar-refractivity contribution in [3.8, 4) is 6.07 Å². The van der Waals surface area contributed by atoms with Crippen LogP contribution in [0.2, 0.25) is 0 Å². The first-order valence-corrected chi connectivity index (χ1v) is 5.58. The van der Waals surface area contributed by atoms with Crippen molar-refractivity contribution in [2.24, 2.45) is 0 Å². The zero-order valence-corrected chi connectivity index (χ0v) is 9.50. The van der Waals surface area contributed by atoms with Crippen LogP contribution in [-0.2, 0) is 4.79 Å². The lowest BCUT2D eigenvalue weighted by molar-refractivity contribution is -0.117. The maximum atomic E-state index is 11.7. The molecule has 0 saturated carbocycles. The van der Waals surface area contributed by atoms with Crippen molar-refractivity contribution >= 4 is 29.9 Å². The average molecular weight is 233 g/mol. The van der Waals surface area contributed by atoms with Crippen molar-refractivity contribution in [2.45, 2.75) is 0 Å². The van der Waals surface area contributed by atoms with E-state index in [1.54, 1.807) is 23.1 Å². The fourth-order valence-electron chi connectivity index (χ4n) is 1.73. The Kier molecular flexibility index (Phi) is 3.02. The van der Waals surface area contributed by atoms with E-state index in [4.69, 9.17) is 5.26 Å². The molecule has 82 valence electrons. The molecule has 1 amide bonds. The first-order valence-electron chi connectivity index (χ1n) is 4.95. The summed E-state index contributed by atoms with van der Waals surface area (Å²) in [6.45, 7) is 0.859. The largest absolute Gasteiger partial charge is 0.374 e. The number of rotatable bonds is 2. The molecule has 1 aliphatic heterocycles. The van der Waals surface area contributed by atoms with Gasteiger partial charge >= 0.3 is 0 Å². The lowest BCUT2D eigenvalue weighted by Crippen LogP contribution is -2.41. The van der Waals surface area contributed by atoms with E-state index < -0.39 is 0 Å². The fraction of sp³-hybridized carbons (Fsp3) is 0.273. The van der Waals surface area contributed by atoms with Crippen molar-refractivity contribution in [1.29, 1.82) is 5.26 Å². The second-order valence-corrected chi connectivity index (χ2v) is 3.91. The van der Waals surface area contributed by atoms with Gasteiger partial charge in [-0.2, -0.15) is 17.9 Å². The van der Waals surface area contributed by atoms with Gasteiger partial charge in [-0.3, -0.25) is 4.79 Å². The van der Waals surface area contributed by atoms with Gasteiger partial charge in [0.15, 0.2) is 0 Å². The van der Waals surface area contributed by atoms with Crippen molar-refractivity contribution < 1.29 is 4.79 Å². The van der Waals surface area contributed by atoms with Crippen LogP contribution in [-0.4, -0.2) is 24.7 Å². The molecule has 0 saturated heterocycles. The van der Waals surface area contributed by atoms with Gasteiger partial charge in [0.05, 0.1) is 29.6 Å². The Morgan fingerprint density at radius 2 is 2.38 bits per heavy atom. The van der Waals surface area contributed by atoms with Crippen molar-refractivity contribution in [2.75, 3.05) is 29.1 Å². The third-order valence-corrected chi connectivity index (χ3v) is 2.67. The van der Waals surface area contributed by atoms with E-state index in [9.17, 15) is 4.79 Å². The summed E-state index contributed by atoms with van der Waals surface area (Å²) in [5, 5.41) is 11.8. The van der Waals surface area contributed by atoms with Crippen LogP contribution in [0.15, 0.2) is 18.2 Å². The number of hydrogen-bond donors (Lipinski definition) is 2. The van der Waals surface area contributed by atoms with Gasteiger partial charge in [0.2, 0.25) is 5.91 Å². The normalized spacial score (nSPS) is 14.0. The first kappa shape index (κ1) is 10.8. The van der Waals surface area contributed by atoms with Gasteiger partial charge in [-0.15, -0.1) is 0 Å². The van der Waals surface area contributed by atoms with Crippen molar-refractivity contribution in [3.63, 3.8) is 0 Å². The molecule has 0 unspecified atom stereocenters. The van der Waals surface area contributed by atoms with E-state index in [0.29, 0.717) is 17.9 Å². The average Bonchev–Trinajstić information content (AvgIpc) is 2.32. The molecule has 0 bridgehead atoms. The lowest BCUT2D eigenvalue weighted by Gasteiger charge is -2.29. The van der Waals surface area contributed by atoms with Crippen LogP contribution in [0.3, 0.4) is 0 Å². The number of nitrogens with one attached hydrogen (secondary N) is 1. The number of nitriles is 1. The van der Waals surface area contributed by atoms with Crippen LogP contribution in [0.1, 0.15) is 5.56 Å². The minimum absolute atomic E-state index is 0.0336. The number of fused-ring (bicyclic) bond motifs is 1. The molecule has 0 atom stereocenters. The van der Waals surface area contributed by atoms with Gasteiger partial charge < -0.3 is 10.2 Å². The molecule has 2 rings (SSSR count). The predicted molar refractivity (Wildman–Crippen MR) is 65.9 cm³/mol. The molecule has 1 aromatic carbocycles. The summed E-state index contributed by atoms with van der Waals surface area (Å²) in [5.41, 5.74) is 2.25. The zero-order valence-electron chi connectivity index (χ0n) is 8.60. The molecule has 0 spiro atoms. The smallest absolute Gasteiger partial charge is 0.246 e. The summed E-state index contributed by atoms with van der Waals surface area (Å²) in [6.07, 6.45) is 0. The topological polar surface area (TPSA) is 56.1 Å². The van der Waals surface area contributed by atoms with E-state index in [-0.39, 0.29) is 12.5 Å². The SMILES string of the molecule is N#Cc1ccc2c(c1)NCC(=O)N2CCS. The molecule has 5 heteroatoms. The van der Waals surface area contributed by atoms with Gasteiger partial charge in [0.1, 0.15) is 0 Å². The molecule has 0 fully saturated rings. The standard InChI is InChI=1S/C11H11N3OS/c12-6-8-1-2-10-9(5-8)13-7-11(15)14(10)3-4-16/h1-2,5,13,16H,3-4,7H2. The Morgan fingerprint density at radius 1 is 1.56 bits per heavy atom. The minimum Gasteiger partial charge on any atom is -0.374 e. The maximum absolute atomic E-state index is 11.7. The van der Waals surface area contributed by atoms with Crippen LogP contribution in [0, 0.1) is 11.3 Å². The van der Waals surface area contributed by atoms with E-state index in [0.717, 1.165) is 11.4 Å². The van der Waals surface area contributed by atoms with Gasteiger partial charge in [-0.25, -0.2) is 0 Å². The lowest BCUT2D eigenvalue weighted by atomic mass is 10.1. The monoisotopic (exact) mass is 233 g/mol. The van der Waals surface area contributed by atoms with Crippen LogP contribution >= 0.6 is 12.6 Å². The Balaban J connectivity index is 2.41. The molecule has 16 heavy (non-hydrogen) atoms. The van der Waals surface area contributed by atoms with E-state index in [1.807, 2.05) is 0 Å².